The Morgan fingerprint density at radius 1 is 1.21 bits per heavy atom. The van der Waals surface area contributed by atoms with Gasteiger partial charge in [-0.1, -0.05) is 11.6 Å². The van der Waals surface area contributed by atoms with Crippen LogP contribution < -0.4 is 10.9 Å². The molecule has 0 bridgehead atoms. The zero-order valence-corrected chi connectivity index (χ0v) is 25.1. The molecule has 0 radical (unpaired) electrons. The van der Waals surface area contributed by atoms with E-state index in [1.165, 1.54) is 21.6 Å². The van der Waals surface area contributed by atoms with Gasteiger partial charge in [0.1, 0.15) is 5.82 Å². The molecule has 0 saturated carbocycles. The summed E-state index contributed by atoms with van der Waals surface area (Å²) in [7, 11) is 4.86. The first kappa shape index (κ1) is 31.0. The normalized spacial score (nSPS) is 18.0. The Bertz CT molecular complexity index is 1560. The van der Waals surface area contributed by atoms with E-state index in [9.17, 15) is 9.59 Å². The van der Waals surface area contributed by atoms with Crippen LogP contribution in [0.1, 0.15) is 58.9 Å². The van der Waals surface area contributed by atoms with E-state index in [4.69, 9.17) is 0 Å². The number of likely N-dealkylation sites (tertiary alicyclic amines) is 1. The number of nitrogens with zero attached hydrogens (tertiary/aromatic N) is 4. The molecule has 2 unspecified atom stereocenters. The third kappa shape index (κ3) is 6.13. The van der Waals surface area contributed by atoms with Crippen molar-refractivity contribution >= 4 is 17.7 Å². The van der Waals surface area contributed by atoms with Crippen molar-refractivity contribution in [1.82, 2.24) is 19.4 Å². The second-order valence-electron chi connectivity index (χ2n) is 11.2. The zero-order chi connectivity index (χ0) is 30.9. The molecule has 2 aromatic heterocycles. The Balaban J connectivity index is 1.60. The Labute approximate surface area is 244 Å². The molecule has 4 rings (SSSR count). The molecule has 1 fully saturated rings. The highest BCUT2D eigenvalue weighted by Gasteiger charge is 2.47. The number of carbonyl (C=O) groups excluding carboxylic acids is 1. The first-order valence-corrected chi connectivity index (χ1v) is 13.9. The van der Waals surface area contributed by atoms with Crippen LogP contribution in [0.3, 0.4) is 0 Å². The van der Waals surface area contributed by atoms with Gasteiger partial charge in [-0.3, -0.25) is 24.0 Å². The number of halogens is 3. The standard InChI is InChI=1S/C32H38F3N5O2/c1-19(15-25-21(3)37-11-8-28(25)40-13-9-24(36-5)17-29(40)41)22(4)39-12-10-26(32(34,35)18-39)30-20(2)14-23(16-27(30)33)31(42)38(6)7/h8-9,11,13-17,22,26,36H,10,12,18H2,1-7H3/b19-15+. The lowest BCUT2D eigenvalue weighted by Gasteiger charge is -2.42. The van der Waals surface area contributed by atoms with Gasteiger partial charge in [0.05, 0.1) is 18.2 Å². The molecular weight excluding hydrogens is 543 g/mol. The SMILES string of the molecule is CNc1ccn(-c2ccnc(C)c2/C=C(\C)C(C)N2CCC(c3c(C)cc(C(=O)N(C)C)cc3F)C(F)(F)C2)c(=O)c1. The Kier molecular flexibility index (Phi) is 8.96. The fourth-order valence-corrected chi connectivity index (χ4v) is 5.65. The maximum atomic E-state index is 15.7. The average molecular weight is 582 g/mol. The molecule has 1 saturated heterocycles. The van der Waals surface area contributed by atoms with Crippen molar-refractivity contribution < 1.29 is 18.0 Å². The van der Waals surface area contributed by atoms with Crippen LogP contribution in [0.25, 0.3) is 11.8 Å². The molecule has 1 N–H and O–H groups in total. The first-order valence-electron chi connectivity index (χ1n) is 13.9. The topological polar surface area (TPSA) is 70.5 Å². The number of anilines is 1. The number of rotatable bonds is 7. The average Bonchev–Trinajstić information content (AvgIpc) is 2.93. The number of aryl methyl sites for hydroxylation is 2. The van der Waals surface area contributed by atoms with E-state index in [2.05, 4.69) is 10.3 Å². The summed E-state index contributed by atoms with van der Waals surface area (Å²) >= 11 is 0. The van der Waals surface area contributed by atoms with Gasteiger partial charge in [-0.15, -0.1) is 0 Å². The second kappa shape index (κ2) is 12.1. The van der Waals surface area contributed by atoms with Crippen molar-refractivity contribution in [3.8, 4) is 5.69 Å². The van der Waals surface area contributed by atoms with E-state index in [0.717, 1.165) is 17.2 Å². The van der Waals surface area contributed by atoms with E-state index in [-0.39, 0.29) is 35.1 Å². The quantitative estimate of drug-likeness (QED) is 0.391. The molecule has 10 heteroatoms. The molecule has 1 aliphatic rings. The van der Waals surface area contributed by atoms with E-state index >= 15 is 13.2 Å². The molecule has 224 valence electrons. The second-order valence-corrected chi connectivity index (χ2v) is 11.2. The van der Waals surface area contributed by atoms with Crippen LogP contribution in [0.4, 0.5) is 18.9 Å². The molecular formula is C32H38F3N5O2. The molecule has 3 aromatic rings. The van der Waals surface area contributed by atoms with Crippen LogP contribution in [0.15, 0.2) is 53.1 Å². The number of alkyl halides is 2. The minimum absolute atomic E-state index is 0.0276. The fourth-order valence-electron chi connectivity index (χ4n) is 5.65. The van der Waals surface area contributed by atoms with Crippen LogP contribution >= 0.6 is 0 Å². The summed E-state index contributed by atoms with van der Waals surface area (Å²) in [5.41, 5.74) is 3.85. The number of amides is 1. The first-order chi connectivity index (χ1) is 19.7. The van der Waals surface area contributed by atoms with Gasteiger partial charge in [-0.05, 0) is 76.1 Å². The number of aromatic nitrogens is 2. The number of pyridine rings is 2. The van der Waals surface area contributed by atoms with Crippen LogP contribution in [0, 0.1) is 19.7 Å². The Morgan fingerprint density at radius 2 is 1.93 bits per heavy atom. The summed E-state index contributed by atoms with van der Waals surface area (Å²) < 4.78 is 48.2. The highest BCUT2D eigenvalue weighted by molar-refractivity contribution is 5.94. The predicted molar refractivity (Wildman–Crippen MR) is 160 cm³/mol. The monoisotopic (exact) mass is 581 g/mol. The molecule has 0 aliphatic carbocycles. The van der Waals surface area contributed by atoms with Crippen molar-refractivity contribution in [2.24, 2.45) is 0 Å². The van der Waals surface area contributed by atoms with E-state index in [0.29, 0.717) is 29.2 Å². The summed E-state index contributed by atoms with van der Waals surface area (Å²) in [4.78, 5) is 32.6. The van der Waals surface area contributed by atoms with Gasteiger partial charge >= 0.3 is 0 Å². The van der Waals surface area contributed by atoms with Crippen LogP contribution in [0.5, 0.6) is 0 Å². The third-order valence-electron chi connectivity index (χ3n) is 8.18. The molecule has 3 heterocycles. The number of nitrogens with one attached hydrogen (secondary N) is 1. The van der Waals surface area contributed by atoms with E-state index < -0.39 is 24.2 Å². The maximum absolute atomic E-state index is 15.7. The summed E-state index contributed by atoms with van der Waals surface area (Å²) in [6, 6.07) is 7.26. The van der Waals surface area contributed by atoms with Gasteiger partial charge in [0.25, 0.3) is 17.4 Å². The van der Waals surface area contributed by atoms with Crippen LogP contribution in [-0.2, 0) is 0 Å². The summed E-state index contributed by atoms with van der Waals surface area (Å²) in [6.07, 6.45) is 5.28. The number of carbonyl (C=O) groups is 1. The van der Waals surface area contributed by atoms with E-state index in [1.807, 2.05) is 26.8 Å². The lowest BCUT2D eigenvalue weighted by molar-refractivity contribution is -0.0890. The molecule has 7 nitrogen and oxygen atoms in total. The predicted octanol–water partition coefficient (Wildman–Crippen LogP) is 5.65. The van der Waals surface area contributed by atoms with Crippen molar-refractivity contribution in [2.75, 3.05) is 39.5 Å². The molecule has 1 aromatic carbocycles. The summed E-state index contributed by atoms with van der Waals surface area (Å²) in [6.45, 7) is 6.97. The lowest BCUT2D eigenvalue weighted by Crippen LogP contribution is -2.51. The number of piperidine rings is 1. The van der Waals surface area contributed by atoms with Crippen molar-refractivity contribution in [2.45, 2.75) is 52.0 Å². The Morgan fingerprint density at radius 3 is 2.52 bits per heavy atom. The maximum Gasteiger partial charge on any atom is 0.267 e. The minimum Gasteiger partial charge on any atom is -0.388 e. The molecule has 0 spiro atoms. The van der Waals surface area contributed by atoms with Crippen LogP contribution in [-0.4, -0.2) is 71.5 Å². The summed E-state index contributed by atoms with van der Waals surface area (Å²) in [5.74, 6) is -5.65. The minimum atomic E-state index is -3.19. The van der Waals surface area contributed by atoms with Gasteiger partial charge in [0.15, 0.2) is 0 Å². The van der Waals surface area contributed by atoms with Gasteiger partial charge in [-0.2, -0.15) is 0 Å². The molecule has 42 heavy (non-hydrogen) atoms. The number of hydrogen-bond acceptors (Lipinski definition) is 5. The zero-order valence-electron chi connectivity index (χ0n) is 25.1. The van der Waals surface area contributed by atoms with Gasteiger partial charge in [0, 0.05) is 68.2 Å². The molecule has 1 aliphatic heterocycles. The highest BCUT2D eigenvalue weighted by atomic mass is 19.3. The largest absolute Gasteiger partial charge is 0.388 e. The number of hydrogen-bond donors (Lipinski definition) is 1. The molecule has 2 atom stereocenters. The fraction of sp³-hybridized carbons (Fsp3) is 0.406. The molecule has 1 amide bonds. The smallest absolute Gasteiger partial charge is 0.267 e. The summed E-state index contributed by atoms with van der Waals surface area (Å²) in [5, 5.41) is 2.95. The van der Waals surface area contributed by atoms with Crippen molar-refractivity contribution in [3.05, 3.63) is 92.4 Å². The van der Waals surface area contributed by atoms with Crippen LogP contribution in [0.2, 0.25) is 0 Å². The van der Waals surface area contributed by atoms with Gasteiger partial charge < -0.3 is 10.2 Å². The van der Waals surface area contributed by atoms with E-state index in [1.54, 1.807) is 57.5 Å². The highest BCUT2D eigenvalue weighted by Crippen LogP contribution is 2.43. The number of benzene rings is 1. The Hall–Kier alpha value is -3.92. The third-order valence-corrected chi connectivity index (χ3v) is 8.18. The lowest BCUT2D eigenvalue weighted by atomic mass is 9.82. The van der Waals surface area contributed by atoms with Gasteiger partial charge in [0.2, 0.25) is 0 Å². The van der Waals surface area contributed by atoms with Crippen molar-refractivity contribution in [1.29, 1.82) is 0 Å². The van der Waals surface area contributed by atoms with Crippen molar-refractivity contribution in [3.63, 3.8) is 0 Å². The van der Waals surface area contributed by atoms with Gasteiger partial charge in [-0.25, -0.2) is 13.2 Å².